The largest absolute Gasteiger partial charge is 0.0693 e. The molecule has 0 heterocycles. The zero-order valence-corrected chi connectivity index (χ0v) is 8.85. The summed E-state index contributed by atoms with van der Waals surface area (Å²) in [5.74, 6) is 1.95. The Kier molecular flexibility index (Phi) is 1.68. The standard InChI is InChI=1S/C10H18Si/c1-11(2,3)10-7-8-4-5-9(10)6-8/h8-10H,4,6-7H2,1-3H3/t8-,9+,10-/m1/s1. The normalized spacial score (nSPS) is 43.4. The van der Waals surface area contributed by atoms with Crippen molar-refractivity contribution in [3.63, 3.8) is 0 Å². The topological polar surface area (TPSA) is 0 Å². The summed E-state index contributed by atoms with van der Waals surface area (Å²) < 4.78 is 0. The number of hydrogen-bond acceptors (Lipinski definition) is 0. The Bertz CT molecular complexity index is 157. The van der Waals surface area contributed by atoms with Crippen molar-refractivity contribution in [1.82, 2.24) is 0 Å². The van der Waals surface area contributed by atoms with Gasteiger partial charge in [0.15, 0.2) is 0 Å². The van der Waals surface area contributed by atoms with Crippen molar-refractivity contribution in [3.8, 4) is 0 Å². The first-order valence-corrected chi connectivity index (χ1v) is 8.38. The van der Waals surface area contributed by atoms with Crippen molar-refractivity contribution in [1.29, 1.82) is 0 Å². The smallest absolute Gasteiger partial charge is 0.0476 e. The fraction of sp³-hybridized carbons (Fsp3) is 0.900. The van der Waals surface area contributed by atoms with E-state index in [0.717, 1.165) is 17.4 Å². The van der Waals surface area contributed by atoms with Crippen molar-refractivity contribution >= 4 is 8.07 Å². The Balaban J connectivity index is 2.08. The second kappa shape index (κ2) is 2.35. The van der Waals surface area contributed by atoms with Crippen LogP contribution in [0.3, 0.4) is 0 Å². The van der Waals surface area contributed by atoms with Gasteiger partial charge < -0.3 is 0 Å². The minimum atomic E-state index is -0.840. The third-order valence-electron chi connectivity index (χ3n) is 3.44. The average molecular weight is 166 g/mol. The van der Waals surface area contributed by atoms with Gasteiger partial charge in [-0.05, 0) is 43.1 Å². The Morgan fingerprint density at radius 1 is 1.18 bits per heavy atom. The molecule has 2 rings (SSSR count). The zero-order chi connectivity index (χ0) is 8.06. The summed E-state index contributed by atoms with van der Waals surface area (Å²) in [5, 5.41) is 0. The van der Waals surface area contributed by atoms with E-state index in [-0.39, 0.29) is 0 Å². The Morgan fingerprint density at radius 3 is 2.18 bits per heavy atom. The van der Waals surface area contributed by atoms with Gasteiger partial charge in [-0.25, -0.2) is 0 Å². The highest BCUT2D eigenvalue weighted by atomic mass is 28.3. The minimum absolute atomic E-state index is 0.840. The Morgan fingerprint density at radius 2 is 1.91 bits per heavy atom. The van der Waals surface area contributed by atoms with Crippen LogP contribution in [0.1, 0.15) is 19.3 Å². The molecule has 2 bridgehead atoms. The lowest BCUT2D eigenvalue weighted by Gasteiger charge is -2.32. The van der Waals surface area contributed by atoms with E-state index in [1.54, 1.807) is 0 Å². The highest BCUT2D eigenvalue weighted by Gasteiger charge is 2.45. The van der Waals surface area contributed by atoms with Crippen LogP contribution in [0.2, 0.25) is 25.2 Å². The molecule has 0 nitrogen and oxygen atoms in total. The molecule has 0 aromatic heterocycles. The maximum absolute atomic E-state index is 3.65. The second-order valence-electron chi connectivity index (χ2n) is 5.32. The highest BCUT2D eigenvalue weighted by molar-refractivity contribution is 6.77. The fourth-order valence-electron chi connectivity index (χ4n) is 2.81. The van der Waals surface area contributed by atoms with Gasteiger partial charge >= 0.3 is 0 Å². The summed E-state index contributed by atoms with van der Waals surface area (Å²) in [5.41, 5.74) is 1.07. The summed E-state index contributed by atoms with van der Waals surface area (Å²) in [4.78, 5) is 0. The molecule has 0 saturated heterocycles. The zero-order valence-electron chi connectivity index (χ0n) is 7.85. The molecule has 1 heteroatoms. The van der Waals surface area contributed by atoms with Crippen LogP contribution >= 0.6 is 0 Å². The molecule has 0 aromatic rings. The molecule has 2 fully saturated rings. The molecule has 0 spiro atoms. The number of hydrogen-bond donors (Lipinski definition) is 0. The number of fused-ring (bicyclic) bond motifs is 2. The lowest BCUT2D eigenvalue weighted by molar-refractivity contribution is 0.546. The van der Waals surface area contributed by atoms with E-state index in [0.29, 0.717) is 0 Å². The van der Waals surface area contributed by atoms with Crippen LogP contribution in [0.25, 0.3) is 0 Å². The Labute approximate surface area is 71.4 Å². The average Bonchev–Trinajstić information content (AvgIpc) is 2.42. The molecule has 62 valence electrons. The van der Waals surface area contributed by atoms with E-state index in [1.165, 1.54) is 19.3 Å². The second-order valence-corrected chi connectivity index (χ2v) is 10.8. The van der Waals surface area contributed by atoms with E-state index < -0.39 is 8.07 Å². The van der Waals surface area contributed by atoms with Gasteiger partial charge in [0.05, 0.1) is 0 Å². The summed E-state index contributed by atoms with van der Waals surface area (Å²) in [6.07, 6.45) is 7.97. The maximum atomic E-state index is 3.65. The molecule has 2 aliphatic carbocycles. The van der Waals surface area contributed by atoms with Gasteiger partial charge in [-0.2, -0.15) is 0 Å². The number of rotatable bonds is 1. The summed E-state index contributed by atoms with van der Waals surface area (Å²) in [6, 6.07) is 0. The van der Waals surface area contributed by atoms with Gasteiger partial charge in [-0.15, -0.1) is 0 Å². The van der Waals surface area contributed by atoms with Crippen LogP contribution in [-0.4, -0.2) is 8.07 Å². The van der Waals surface area contributed by atoms with Crippen LogP contribution in [-0.2, 0) is 0 Å². The van der Waals surface area contributed by atoms with Crippen LogP contribution in [0, 0.1) is 18.3 Å². The third kappa shape index (κ3) is 1.28. The minimum Gasteiger partial charge on any atom is -0.0693 e. The Hall–Kier alpha value is 0.217. The van der Waals surface area contributed by atoms with E-state index in [1.807, 2.05) is 0 Å². The predicted molar refractivity (Wildman–Crippen MR) is 51.2 cm³/mol. The quantitative estimate of drug-likeness (QED) is 0.525. The molecule has 0 N–H and O–H groups in total. The summed E-state index contributed by atoms with van der Waals surface area (Å²) >= 11 is 0. The molecule has 3 atom stereocenters. The van der Waals surface area contributed by atoms with Gasteiger partial charge in [0.1, 0.15) is 0 Å². The molecule has 0 aliphatic heterocycles. The third-order valence-corrected chi connectivity index (χ3v) is 6.30. The molecule has 0 unspecified atom stereocenters. The van der Waals surface area contributed by atoms with Crippen molar-refractivity contribution in [3.05, 3.63) is 6.42 Å². The SMILES string of the molecule is C[Si](C)(C)[C@@H]1C[C@@H]2C[C][C@H]1C2. The van der Waals surface area contributed by atoms with Crippen molar-refractivity contribution < 1.29 is 0 Å². The van der Waals surface area contributed by atoms with Gasteiger partial charge in [0.25, 0.3) is 0 Å². The van der Waals surface area contributed by atoms with Crippen molar-refractivity contribution in [2.45, 2.75) is 44.4 Å². The van der Waals surface area contributed by atoms with Crippen molar-refractivity contribution in [2.75, 3.05) is 0 Å². The molecule has 2 saturated carbocycles. The lowest BCUT2D eigenvalue weighted by Crippen LogP contribution is -2.31. The lowest BCUT2D eigenvalue weighted by atomic mass is 10.0. The summed E-state index contributed by atoms with van der Waals surface area (Å²) in [6.45, 7) is 7.54. The molecule has 0 amide bonds. The van der Waals surface area contributed by atoms with Gasteiger partial charge in [0.2, 0.25) is 0 Å². The first kappa shape index (κ1) is 7.84. The van der Waals surface area contributed by atoms with Gasteiger partial charge in [-0.1, -0.05) is 19.6 Å². The molecule has 2 radical (unpaired) electrons. The molecular formula is C10H18Si. The van der Waals surface area contributed by atoms with Gasteiger partial charge in [0, 0.05) is 8.07 Å². The predicted octanol–water partition coefficient (Wildman–Crippen LogP) is 3.21. The van der Waals surface area contributed by atoms with Crippen molar-refractivity contribution in [2.24, 2.45) is 11.8 Å². The molecule has 2 aliphatic rings. The first-order chi connectivity index (χ1) is 5.07. The molecule has 11 heavy (non-hydrogen) atoms. The monoisotopic (exact) mass is 166 g/mol. The van der Waals surface area contributed by atoms with E-state index in [4.69, 9.17) is 0 Å². The van der Waals surface area contributed by atoms with Crippen LogP contribution in [0.4, 0.5) is 0 Å². The van der Waals surface area contributed by atoms with Gasteiger partial charge in [-0.3, -0.25) is 0 Å². The molecule has 0 aromatic carbocycles. The van der Waals surface area contributed by atoms with E-state index in [9.17, 15) is 0 Å². The summed E-state index contributed by atoms with van der Waals surface area (Å²) in [7, 11) is -0.840. The molecular weight excluding hydrogens is 148 g/mol. The highest BCUT2D eigenvalue weighted by Crippen LogP contribution is 2.54. The first-order valence-electron chi connectivity index (χ1n) is 4.81. The van der Waals surface area contributed by atoms with Crippen LogP contribution in [0.15, 0.2) is 0 Å². The van der Waals surface area contributed by atoms with Crippen LogP contribution in [0.5, 0.6) is 0 Å². The van der Waals surface area contributed by atoms with Crippen LogP contribution < -0.4 is 0 Å². The van der Waals surface area contributed by atoms with E-state index >= 15 is 0 Å². The fourth-order valence-corrected chi connectivity index (χ4v) is 5.31. The maximum Gasteiger partial charge on any atom is 0.0476 e. The van der Waals surface area contributed by atoms with E-state index in [2.05, 4.69) is 26.1 Å².